The molecule has 4 nitrogen and oxygen atoms in total. The Hall–Kier alpha value is -0.520. The summed E-state index contributed by atoms with van der Waals surface area (Å²) in [7, 11) is 0. The number of rotatable bonds is 2. The highest BCUT2D eigenvalue weighted by Crippen LogP contribution is 2.09. The molecule has 1 aromatic rings. The van der Waals surface area contributed by atoms with Crippen molar-refractivity contribution in [2.24, 2.45) is 0 Å². The molecular formula is C5H8N2O2S. The van der Waals surface area contributed by atoms with Gasteiger partial charge in [-0.25, -0.2) is 4.98 Å². The third kappa shape index (κ3) is 1.50. The minimum atomic E-state index is -0.926. The largest absolute Gasteiger partial charge is 0.393 e. The molecule has 0 aliphatic carbocycles. The topological polar surface area (TPSA) is 66.2 Å². The first-order valence-corrected chi connectivity index (χ1v) is 3.60. The number of nitrogens with zero attached hydrogens (tertiary/aromatic N) is 2. The van der Waals surface area contributed by atoms with Crippen molar-refractivity contribution < 1.29 is 10.2 Å². The average molecular weight is 160 g/mol. The second-order valence-corrected chi connectivity index (χ2v) is 2.83. The fourth-order valence-electron chi connectivity index (χ4n) is 0.532. The second-order valence-electron chi connectivity index (χ2n) is 1.87. The highest BCUT2D eigenvalue weighted by Gasteiger charge is 2.10. The van der Waals surface area contributed by atoms with Gasteiger partial charge in [0.05, 0.1) is 6.61 Å². The van der Waals surface area contributed by atoms with E-state index in [2.05, 4.69) is 9.36 Å². The summed E-state index contributed by atoms with van der Waals surface area (Å²) in [5.74, 6) is 0.310. The zero-order valence-electron chi connectivity index (χ0n) is 5.48. The van der Waals surface area contributed by atoms with E-state index < -0.39 is 6.10 Å². The maximum absolute atomic E-state index is 8.97. The van der Waals surface area contributed by atoms with Crippen LogP contribution in [0.2, 0.25) is 0 Å². The summed E-state index contributed by atoms with van der Waals surface area (Å²) in [5.41, 5.74) is 0. The molecule has 1 unspecified atom stereocenters. The lowest BCUT2D eigenvalue weighted by Gasteiger charge is -1.98. The summed E-state index contributed by atoms with van der Waals surface area (Å²) in [4.78, 5) is 3.88. The molecule has 56 valence electrons. The van der Waals surface area contributed by atoms with Gasteiger partial charge in [0.1, 0.15) is 11.1 Å². The fraction of sp³-hybridized carbons (Fsp3) is 0.600. The van der Waals surface area contributed by atoms with Gasteiger partial charge in [-0.05, 0) is 18.5 Å². The van der Waals surface area contributed by atoms with E-state index in [9.17, 15) is 0 Å². The van der Waals surface area contributed by atoms with Gasteiger partial charge in [0.2, 0.25) is 0 Å². The van der Waals surface area contributed by atoms with Gasteiger partial charge in [0.25, 0.3) is 0 Å². The summed E-state index contributed by atoms with van der Waals surface area (Å²) in [6.07, 6.45) is -0.926. The van der Waals surface area contributed by atoms with E-state index in [0.29, 0.717) is 5.82 Å². The number of aryl methyl sites for hydroxylation is 1. The molecule has 0 aromatic carbocycles. The van der Waals surface area contributed by atoms with Crippen molar-refractivity contribution in [2.45, 2.75) is 13.0 Å². The standard InChI is InChI=1S/C5H8N2O2S/c1-3-6-5(7-10-3)4(9)2-8/h4,8-9H,2H2,1H3. The molecule has 10 heavy (non-hydrogen) atoms. The zero-order valence-corrected chi connectivity index (χ0v) is 6.30. The van der Waals surface area contributed by atoms with Crippen molar-refractivity contribution in [1.82, 2.24) is 9.36 Å². The highest BCUT2D eigenvalue weighted by molar-refractivity contribution is 7.05. The fourth-order valence-corrected chi connectivity index (χ4v) is 1.05. The van der Waals surface area contributed by atoms with E-state index in [1.54, 1.807) is 6.92 Å². The van der Waals surface area contributed by atoms with Gasteiger partial charge < -0.3 is 10.2 Å². The first-order chi connectivity index (χ1) is 4.74. The molecule has 0 saturated heterocycles. The Morgan fingerprint density at radius 3 is 2.80 bits per heavy atom. The van der Waals surface area contributed by atoms with E-state index in [1.165, 1.54) is 11.5 Å². The highest BCUT2D eigenvalue weighted by atomic mass is 32.1. The van der Waals surface area contributed by atoms with E-state index in [0.717, 1.165) is 5.01 Å². The molecule has 5 heteroatoms. The van der Waals surface area contributed by atoms with Crippen LogP contribution in [-0.4, -0.2) is 26.2 Å². The van der Waals surface area contributed by atoms with Crippen molar-refractivity contribution in [3.63, 3.8) is 0 Å². The summed E-state index contributed by atoms with van der Waals surface area (Å²) in [6, 6.07) is 0. The van der Waals surface area contributed by atoms with Crippen LogP contribution >= 0.6 is 11.5 Å². The lowest BCUT2D eigenvalue weighted by molar-refractivity contribution is 0.0895. The Morgan fingerprint density at radius 2 is 2.40 bits per heavy atom. The summed E-state index contributed by atoms with van der Waals surface area (Å²) in [6.45, 7) is 1.47. The molecule has 0 saturated carbocycles. The molecule has 1 heterocycles. The SMILES string of the molecule is Cc1nc(C(O)CO)ns1. The number of aromatic nitrogens is 2. The van der Waals surface area contributed by atoms with Crippen molar-refractivity contribution in [3.8, 4) is 0 Å². The number of hydrogen-bond donors (Lipinski definition) is 2. The quantitative estimate of drug-likeness (QED) is 0.632. The van der Waals surface area contributed by atoms with Gasteiger partial charge in [-0.1, -0.05) is 0 Å². The molecule has 2 N–H and O–H groups in total. The Balaban J connectivity index is 2.74. The van der Waals surface area contributed by atoms with Crippen LogP contribution < -0.4 is 0 Å². The predicted octanol–water partition coefficient (Wildman–Crippen LogP) is -0.128. The molecule has 0 fully saturated rings. The Labute approximate surface area is 62.3 Å². The van der Waals surface area contributed by atoms with Crippen LogP contribution in [0.15, 0.2) is 0 Å². The Morgan fingerprint density at radius 1 is 1.70 bits per heavy atom. The molecule has 0 radical (unpaired) electrons. The van der Waals surface area contributed by atoms with Crippen LogP contribution in [0.4, 0.5) is 0 Å². The van der Waals surface area contributed by atoms with Crippen LogP contribution in [0, 0.1) is 6.92 Å². The van der Waals surface area contributed by atoms with Gasteiger partial charge >= 0.3 is 0 Å². The molecule has 0 aliphatic heterocycles. The van der Waals surface area contributed by atoms with E-state index >= 15 is 0 Å². The van der Waals surface area contributed by atoms with Crippen LogP contribution in [0.5, 0.6) is 0 Å². The second kappa shape index (κ2) is 3.05. The van der Waals surface area contributed by atoms with Gasteiger partial charge in [0, 0.05) is 0 Å². The monoisotopic (exact) mass is 160 g/mol. The van der Waals surface area contributed by atoms with Crippen molar-refractivity contribution >= 4 is 11.5 Å². The van der Waals surface area contributed by atoms with E-state index in [4.69, 9.17) is 10.2 Å². The molecule has 1 aromatic heterocycles. The van der Waals surface area contributed by atoms with Gasteiger partial charge in [-0.15, -0.1) is 0 Å². The summed E-state index contributed by atoms with van der Waals surface area (Å²) in [5, 5.41) is 18.2. The van der Waals surface area contributed by atoms with Crippen LogP contribution in [-0.2, 0) is 0 Å². The van der Waals surface area contributed by atoms with Gasteiger partial charge in [-0.2, -0.15) is 4.37 Å². The minimum absolute atomic E-state index is 0.310. The molecular weight excluding hydrogens is 152 g/mol. The third-order valence-electron chi connectivity index (χ3n) is 1.01. The molecule has 0 aliphatic rings. The molecule has 0 amide bonds. The summed E-state index contributed by atoms with van der Waals surface area (Å²) < 4.78 is 3.81. The predicted molar refractivity (Wildman–Crippen MR) is 36.7 cm³/mol. The minimum Gasteiger partial charge on any atom is -0.393 e. The maximum atomic E-state index is 8.97. The molecule has 0 spiro atoms. The third-order valence-corrected chi connectivity index (χ3v) is 1.65. The van der Waals surface area contributed by atoms with E-state index in [-0.39, 0.29) is 6.61 Å². The maximum Gasteiger partial charge on any atom is 0.173 e. The first kappa shape index (κ1) is 7.59. The number of hydrogen-bond acceptors (Lipinski definition) is 5. The van der Waals surface area contributed by atoms with Crippen LogP contribution in [0.1, 0.15) is 16.9 Å². The van der Waals surface area contributed by atoms with Crippen molar-refractivity contribution in [3.05, 3.63) is 10.8 Å². The molecule has 1 rings (SSSR count). The average Bonchev–Trinajstić information content (AvgIpc) is 2.34. The van der Waals surface area contributed by atoms with Gasteiger partial charge in [-0.3, -0.25) is 0 Å². The number of aliphatic hydroxyl groups excluding tert-OH is 2. The lowest BCUT2D eigenvalue weighted by atomic mass is 10.4. The number of aliphatic hydroxyl groups is 2. The molecule has 0 bridgehead atoms. The smallest absolute Gasteiger partial charge is 0.173 e. The first-order valence-electron chi connectivity index (χ1n) is 2.83. The zero-order chi connectivity index (χ0) is 7.56. The molecule has 1 atom stereocenters. The van der Waals surface area contributed by atoms with Crippen molar-refractivity contribution in [1.29, 1.82) is 0 Å². The van der Waals surface area contributed by atoms with E-state index in [1.807, 2.05) is 0 Å². The lowest BCUT2D eigenvalue weighted by Crippen LogP contribution is -2.04. The van der Waals surface area contributed by atoms with Crippen LogP contribution in [0.25, 0.3) is 0 Å². The Bertz CT molecular complexity index is 213. The van der Waals surface area contributed by atoms with Crippen molar-refractivity contribution in [2.75, 3.05) is 6.61 Å². The Kier molecular flexibility index (Phi) is 2.31. The summed E-state index contributed by atoms with van der Waals surface area (Å²) >= 11 is 1.22. The van der Waals surface area contributed by atoms with Crippen LogP contribution in [0.3, 0.4) is 0 Å². The normalized spacial score (nSPS) is 13.5. The van der Waals surface area contributed by atoms with Gasteiger partial charge in [0.15, 0.2) is 5.82 Å².